The van der Waals surface area contributed by atoms with Crippen LogP contribution in [0.1, 0.15) is 17.8 Å². The van der Waals surface area contributed by atoms with Crippen LogP contribution in [0.25, 0.3) is 10.7 Å². The highest BCUT2D eigenvalue weighted by Gasteiger charge is 2.34. The fourth-order valence-corrected chi connectivity index (χ4v) is 3.80. The van der Waals surface area contributed by atoms with E-state index in [-0.39, 0.29) is 24.2 Å². The number of rotatable bonds is 6. The molecule has 4 heterocycles. The average Bonchev–Trinajstić information content (AvgIpc) is 3.35. The van der Waals surface area contributed by atoms with E-state index < -0.39 is 0 Å². The van der Waals surface area contributed by atoms with E-state index in [4.69, 9.17) is 0 Å². The maximum atomic E-state index is 12.5. The molecule has 1 atom stereocenters. The summed E-state index contributed by atoms with van der Waals surface area (Å²) in [5.41, 5.74) is 2.28. The molecule has 3 aromatic heterocycles. The van der Waals surface area contributed by atoms with Crippen LogP contribution >= 0.6 is 11.3 Å². The third kappa shape index (κ3) is 4.20. The average molecular weight is 394 g/mol. The first-order valence-electron chi connectivity index (χ1n) is 8.85. The summed E-state index contributed by atoms with van der Waals surface area (Å²) in [6.07, 6.45) is 6.80. The Morgan fingerprint density at radius 3 is 2.93 bits per heavy atom. The van der Waals surface area contributed by atoms with Gasteiger partial charge >= 0.3 is 0 Å². The lowest BCUT2D eigenvalue weighted by atomic mass is 10.1. The molecule has 28 heavy (non-hydrogen) atoms. The van der Waals surface area contributed by atoms with E-state index in [1.54, 1.807) is 29.7 Å². The number of hydrogen-bond donors (Lipinski definition) is 1. The van der Waals surface area contributed by atoms with Gasteiger partial charge in [-0.05, 0) is 12.1 Å². The molecule has 0 aliphatic carbocycles. The molecule has 1 fully saturated rings. The summed E-state index contributed by atoms with van der Waals surface area (Å²) in [5, 5.41) is 5.53. The highest BCUT2D eigenvalue weighted by atomic mass is 32.1. The van der Waals surface area contributed by atoms with Crippen LogP contribution in [0.3, 0.4) is 0 Å². The number of nitrogens with zero attached hydrogens (tertiary/aromatic N) is 5. The van der Waals surface area contributed by atoms with Crippen LogP contribution in [0.15, 0.2) is 48.4 Å². The number of hydrogen-bond acceptors (Lipinski definition) is 7. The lowest BCUT2D eigenvalue weighted by Gasteiger charge is -2.16. The molecule has 3 aromatic rings. The largest absolute Gasteiger partial charge is 0.350 e. The van der Waals surface area contributed by atoms with Crippen molar-refractivity contribution in [3.63, 3.8) is 0 Å². The molecule has 1 saturated heterocycles. The van der Waals surface area contributed by atoms with Crippen molar-refractivity contribution in [1.29, 1.82) is 0 Å². The van der Waals surface area contributed by atoms with E-state index in [2.05, 4.69) is 25.3 Å². The summed E-state index contributed by atoms with van der Waals surface area (Å²) in [4.78, 5) is 43.4. The topological polar surface area (TPSA) is 101 Å². The number of pyridine rings is 1. The Hall–Kier alpha value is -3.20. The zero-order valence-electron chi connectivity index (χ0n) is 15.0. The molecular weight excluding hydrogens is 376 g/mol. The molecule has 8 nitrogen and oxygen atoms in total. The predicted octanol–water partition coefficient (Wildman–Crippen LogP) is 1.66. The quantitative estimate of drug-likeness (QED) is 0.682. The van der Waals surface area contributed by atoms with Crippen LogP contribution in [-0.4, -0.2) is 43.2 Å². The van der Waals surface area contributed by atoms with Gasteiger partial charge in [0.15, 0.2) is 0 Å². The third-order valence-corrected chi connectivity index (χ3v) is 5.36. The van der Waals surface area contributed by atoms with Gasteiger partial charge in [0.2, 0.25) is 11.8 Å². The van der Waals surface area contributed by atoms with Gasteiger partial charge in [-0.3, -0.25) is 24.5 Å². The summed E-state index contributed by atoms with van der Waals surface area (Å²) < 4.78 is 0. The Balaban J connectivity index is 1.31. The van der Waals surface area contributed by atoms with E-state index in [1.165, 1.54) is 11.3 Å². The van der Waals surface area contributed by atoms with Crippen LogP contribution in [0, 0.1) is 5.92 Å². The van der Waals surface area contributed by atoms with Crippen molar-refractivity contribution < 1.29 is 9.59 Å². The maximum Gasteiger partial charge on any atom is 0.225 e. The van der Waals surface area contributed by atoms with Crippen LogP contribution in [0.4, 0.5) is 0 Å². The Kier molecular flexibility index (Phi) is 5.34. The van der Waals surface area contributed by atoms with E-state index in [0.717, 1.165) is 16.4 Å². The van der Waals surface area contributed by atoms with Crippen molar-refractivity contribution in [1.82, 2.24) is 30.2 Å². The molecule has 0 spiro atoms. The summed E-state index contributed by atoms with van der Waals surface area (Å²) >= 11 is 1.45. The molecule has 1 aliphatic heterocycles. The maximum absolute atomic E-state index is 12.5. The van der Waals surface area contributed by atoms with Gasteiger partial charge in [0.1, 0.15) is 10.7 Å². The zero-order chi connectivity index (χ0) is 19.3. The molecule has 0 aromatic carbocycles. The zero-order valence-corrected chi connectivity index (χ0v) is 15.8. The molecule has 0 saturated carbocycles. The van der Waals surface area contributed by atoms with Gasteiger partial charge in [-0.15, -0.1) is 11.3 Å². The van der Waals surface area contributed by atoms with Crippen molar-refractivity contribution in [2.75, 3.05) is 6.54 Å². The van der Waals surface area contributed by atoms with Crippen molar-refractivity contribution in [3.05, 3.63) is 59.8 Å². The second-order valence-corrected chi connectivity index (χ2v) is 7.31. The smallest absolute Gasteiger partial charge is 0.225 e. The molecule has 142 valence electrons. The third-order valence-electron chi connectivity index (χ3n) is 4.44. The second kappa shape index (κ2) is 8.22. The predicted molar refractivity (Wildman–Crippen MR) is 103 cm³/mol. The monoisotopic (exact) mass is 394 g/mol. The summed E-state index contributed by atoms with van der Waals surface area (Å²) in [6, 6.07) is 5.59. The minimum absolute atomic E-state index is 0.0237. The highest BCUT2D eigenvalue weighted by molar-refractivity contribution is 7.13. The molecular formula is C19H18N6O2S. The minimum Gasteiger partial charge on any atom is -0.350 e. The molecule has 2 amide bonds. The number of carbonyl (C=O) groups is 2. The Morgan fingerprint density at radius 2 is 2.14 bits per heavy atom. The summed E-state index contributed by atoms with van der Waals surface area (Å²) in [7, 11) is 0. The van der Waals surface area contributed by atoms with E-state index in [0.29, 0.717) is 25.3 Å². The Morgan fingerprint density at radius 1 is 1.21 bits per heavy atom. The molecule has 4 rings (SSSR count). The van der Waals surface area contributed by atoms with E-state index in [1.807, 2.05) is 23.6 Å². The van der Waals surface area contributed by atoms with Crippen molar-refractivity contribution in [2.45, 2.75) is 19.5 Å². The van der Waals surface area contributed by atoms with Gasteiger partial charge < -0.3 is 10.2 Å². The van der Waals surface area contributed by atoms with E-state index >= 15 is 0 Å². The van der Waals surface area contributed by atoms with Crippen LogP contribution in [0.2, 0.25) is 0 Å². The standard InChI is InChI=1S/C19H18N6O2S/c26-17-7-13(10-25(17)11-14-3-1-2-4-21-14)18(27)23-8-15-12-28-19(24-15)16-9-20-5-6-22-16/h1-6,9,12-13H,7-8,10-11H2,(H,23,27). The minimum atomic E-state index is -0.352. The molecule has 0 bridgehead atoms. The number of aromatic nitrogens is 4. The van der Waals surface area contributed by atoms with Crippen molar-refractivity contribution in [2.24, 2.45) is 5.92 Å². The number of nitrogens with one attached hydrogen (secondary N) is 1. The lowest BCUT2D eigenvalue weighted by Crippen LogP contribution is -2.32. The summed E-state index contributed by atoms with van der Waals surface area (Å²) in [5.74, 6) is -0.510. The van der Waals surface area contributed by atoms with Crippen molar-refractivity contribution in [3.8, 4) is 10.7 Å². The number of thiazole rings is 1. The summed E-state index contributed by atoms with van der Waals surface area (Å²) in [6.45, 7) is 1.15. The SMILES string of the molecule is O=C(NCc1csc(-c2cnccn2)n1)C1CC(=O)N(Cc2ccccn2)C1. The van der Waals surface area contributed by atoms with Gasteiger partial charge in [-0.1, -0.05) is 6.07 Å². The lowest BCUT2D eigenvalue weighted by molar-refractivity contribution is -0.129. The number of amides is 2. The Labute approximate surface area is 165 Å². The molecule has 0 radical (unpaired) electrons. The molecule has 1 unspecified atom stereocenters. The van der Waals surface area contributed by atoms with E-state index in [9.17, 15) is 9.59 Å². The first-order valence-corrected chi connectivity index (χ1v) is 9.73. The molecule has 1 N–H and O–H groups in total. The number of likely N-dealkylation sites (tertiary alicyclic amines) is 1. The fourth-order valence-electron chi connectivity index (χ4n) is 3.03. The first kappa shape index (κ1) is 18.2. The van der Waals surface area contributed by atoms with Gasteiger partial charge in [0.05, 0.1) is 36.6 Å². The van der Waals surface area contributed by atoms with Gasteiger partial charge in [-0.25, -0.2) is 4.98 Å². The van der Waals surface area contributed by atoms with Crippen LogP contribution < -0.4 is 5.32 Å². The van der Waals surface area contributed by atoms with Crippen molar-refractivity contribution >= 4 is 23.2 Å². The van der Waals surface area contributed by atoms with Gasteiger partial charge in [0.25, 0.3) is 0 Å². The van der Waals surface area contributed by atoms with Gasteiger partial charge in [0, 0.05) is 36.9 Å². The molecule has 9 heteroatoms. The number of carbonyl (C=O) groups excluding carboxylic acids is 2. The van der Waals surface area contributed by atoms with Gasteiger partial charge in [-0.2, -0.15) is 0 Å². The fraction of sp³-hybridized carbons (Fsp3) is 0.263. The van der Waals surface area contributed by atoms with Crippen LogP contribution in [-0.2, 0) is 22.7 Å². The van der Waals surface area contributed by atoms with Crippen LogP contribution in [0.5, 0.6) is 0 Å². The molecule has 1 aliphatic rings. The highest BCUT2D eigenvalue weighted by Crippen LogP contribution is 2.22. The second-order valence-electron chi connectivity index (χ2n) is 6.45. The normalized spacial score (nSPS) is 16.4. The Bertz CT molecular complexity index is 963. The first-order chi connectivity index (χ1) is 13.7.